The Balaban J connectivity index is 2.32. The third-order valence-corrected chi connectivity index (χ3v) is 2.44. The first-order chi connectivity index (χ1) is 8.09. The number of likely N-dealkylation sites (N-methyl/N-ethyl adjacent to an activating group) is 1. The molecule has 0 aromatic heterocycles. The van der Waals surface area contributed by atoms with Crippen LogP contribution in [-0.4, -0.2) is 44.0 Å². The largest absolute Gasteiger partial charge is 0.325 e. The van der Waals surface area contributed by atoms with Gasteiger partial charge in [0.05, 0.1) is 6.04 Å². The molecule has 0 spiro atoms. The summed E-state index contributed by atoms with van der Waals surface area (Å²) in [5, 5.41) is 6.05. The van der Waals surface area contributed by atoms with E-state index < -0.39 is 0 Å². The number of rotatable bonds is 6. The molecule has 1 unspecified atom stereocenters. The Labute approximate surface area is 103 Å². The number of carbonyl (C=O) groups excluding carboxylic acids is 1. The first-order valence-electron chi connectivity index (χ1n) is 5.83. The summed E-state index contributed by atoms with van der Waals surface area (Å²) >= 11 is 0. The van der Waals surface area contributed by atoms with Gasteiger partial charge in [0, 0.05) is 18.8 Å². The van der Waals surface area contributed by atoms with Crippen molar-refractivity contribution in [3.8, 4) is 0 Å². The number of para-hydroxylation sites is 1. The molecule has 0 aliphatic rings. The minimum atomic E-state index is -0.185. The molecule has 0 aliphatic carbocycles. The molecule has 0 saturated carbocycles. The Morgan fingerprint density at radius 1 is 1.29 bits per heavy atom. The van der Waals surface area contributed by atoms with Crippen LogP contribution in [-0.2, 0) is 4.79 Å². The number of benzene rings is 1. The maximum atomic E-state index is 11.8. The average Bonchev–Trinajstić information content (AvgIpc) is 2.29. The Bertz CT molecular complexity index is 338. The lowest BCUT2D eigenvalue weighted by Gasteiger charge is -2.16. The number of amides is 1. The Kier molecular flexibility index (Phi) is 5.66. The molecule has 1 atom stereocenters. The van der Waals surface area contributed by atoms with E-state index in [0.717, 1.165) is 18.8 Å². The van der Waals surface area contributed by atoms with Crippen LogP contribution >= 0.6 is 0 Å². The van der Waals surface area contributed by atoms with Gasteiger partial charge in [-0.2, -0.15) is 0 Å². The van der Waals surface area contributed by atoms with Gasteiger partial charge in [-0.3, -0.25) is 4.79 Å². The maximum Gasteiger partial charge on any atom is 0.241 e. The number of carbonyl (C=O) groups is 1. The molecule has 94 valence electrons. The highest BCUT2D eigenvalue weighted by atomic mass is 16.2. The van der Waals surface area contributed by atoms with Gasteiger partial charge >= 0.3 is 0 Å². The monoisotopic (exact) mass is 235 g/mol. The summed E-state index contributed by atoms with van der Waals surface area (Å²) in [6.07, 6.45) is 0. The first kappa shape index (κ1) is 13.7. The van der Waals surface area contributed by atoms with Gasteiger partial charge in [-0.25, -0.2) is 0 Å². The van der Waals surface area contributed by atoms with Crippen LogP contribution in [0.1, 0.15) is 6.92 Å². The third kappa shape index (κ3) is 5.47. The lowest BCUT2D eigenvalue weighted by atomic mass is 10.2. The van der Waals surface area contributed by atoms with Gasteiger partial charge < -0.3 is 15.5 Å². The maximum absolute atomic E-state index is 11.8. The number of hydrogen-bond acceptors (Lipinski definition) is 3. The predicted molar refractivity (Wildman–Crippen MR) is 71.1 cm³/mol. The van der Waals surface area contributed by atoms with Crippen LogP contribution in [0.15, 0.2) is 30.3 Å². The molecule has 4 nitrogen and oxygen atoms in total. The molecule has 0 fully saturated rings. The van der Waals surface area contributed by atoms with Crippen LogP contribution in [0.2, 0.25) is 0 Å². The van der Waals surface area contributed by atoms with Crippen LogP contribution in [0.4, 0.5) is 5.69 Å². The topological polar surface area (TPSA) is 44.4 Å². The van der Waals surface area contributed by atoms with E-state index in [1.54, 1.807) is 0 Å². The zero-order chi connectivity index (χ0) is 12.7. The second-order valence-corrected chi connectivity index (χ2v) is 4.33. The molecule has 0 saturated heterocycles. The Morgan fingerprint density at radius 2 is 1.94 bits per heavy atom. The van der Waals surface area contributed by atoms with E-state index in [1.807, 2.05) is 51.4 Å². The van der Waals surface area contributed by atoms with Crippen LogP contribution < -0.4 is 10.6 Å². The van der Waals surface area contributed by atoms with Crippen molar-refractivity contribution >= 4 is 11.6 Å². The summed E-state index contributed by atoms with van der Waals surface area (Å²) < 4.78 is 0. The van der Waals surface area contributed by atoms with Crippen LogP contribution in [0, 0.1) is 0 Å². The van der Waals surface area contributed by atoms with Crippen molar-refractivity contribution in [2.45, 2.75) is 13.0 Å². The van der Waals surface area contributed by atoms with Crippen molar-refractivity contribution in [2.24, 2.45) is 0 Å². The van der Waals surface area contributed by atoms with Crippen molar-refractivity contribution in [3.05, 3.63) is 30.3 Å². The van der Waals surface area contributed by atoms with Gasteiger partial charge in [0.1, 0.15) is 0 Å². The lowest BCUT2D eigenvalue weighted by molar-refractivity contribution is -0.117. The summed E-state index contributed by atoms with van der Waals surface area (Å²) in [5.74, 6) is -0.00467. The number of nitrogens with zero attached hydrogens (tertiary/aromatic N) is 1. The van der Waals surface area contributed by atoms with E-state index in [4.69, 9.17) is 0 Å². The van der Waals surface area contributed by atoms with Crippen molar-refractivity contribution in [1.82, 2.24) is 10.2 Å². The van der Waals surface area contributed by atoms with Crippen molar-refractivity contribution in [2.75, 3.05) is 32.5 Å². The second-order valence-electron chi connectivity index (χ2n) is 4.33. The number of nitrogens with one attached hydrogen (secondary N) is 2. The van der Waals surface area contributed by atoms with Gasteiger partial charge in [0.25, 0.3) is 0 Å². The van der Waals surface area contributed by atoms with E-state index in [0.29, 0.717) is 0 Å². The molecule has 0 radical (unpaired) electrons. The second kappa shape index (κ2) is 7.04. The van der Waals surface area contributed by atoms with E-state index >= 15 is 0 Å². The first-order valence-corrected chi connectivity index (χ1v) is 5.83. The molecule has 0 aliphatic heterocycles. The fourth-order valence-corrected chi connectivity index (χ4v) is 1.37. The summed E-state index contributed by atoms with van der Waals surface area (Å²) in [7, 11) is 4.02. The van der Waals surface area contributed by atoms with Gasteiger partial charge in [0.2, 0.25) is 5.91 Å². The third-order valence-electron chi connectivity index (χ3n) is 2.44. The van der Waals surface area contributed by atoms with Crippen LogP contribution in [0.25, 0.3) is 0 Å². The fourth-order valence-electron chi connectivity index (χ4n) is 1.37. The smallest absolute Gasteiger partial charge is 0.241 e. The normalized spacial score (nSPS) is 12.5. The van der Waals surface area contributed by atoms with E-state index in [2.05, 4.69) is 15.5 Å². The van der Waals surface area contributed by atoms with Crippen LogP contribution in [0.3, 0.4) is 0 Å². The number of hydrogen-bond donors (Lipinski definition) is 2. The van der Waals surface area contributed by atoms with Gasteiger partial charge in [0.15, 0.2) is 0 Å². The predicted octanol–water partition coefficient (Wildman–Crippen LogP) is 1.16. The molecule has 0 heterocycles. The minimum Gasteiger partial charge on any atom is -0.325 e. The fraction of sp³-hybridized carbons (Fsp3) is 0.462. The van der Waals surface area contributed by atoms with E-state index in [1.165, 1.54) is 0 Å². The van der Waals surface area contributed by atoms with Crippen molar-refractivity contribution < 1.29 is 4.79 Å². The summed E-state index contributed by atoms with van der Waals surface area (Å²) in [4.78, 5) is 13.9. The van der Waals surface area contributed by atoms with Gasteiger partial charge in [-0.1, -0.05) is 18.2 Å². The molecular weight excluding hydrogens is 214 g/mol. The van der Waals surface area contributed by atoms with Crippen molar-refractivity contribution in [1.29, 1.82) is 0 Å². The molecule has 1 aromatic carbocycles. The zero-order valence-corrected chi connectivity index (χ0v) is 10.7. The molecule has 17 heavy (non-hydrogen) atoms. The Morgan fingerprint density at radius 3 is 2.53 bits per heavy atom. The van der Waals surface area contributed by atoms with Crippen LogP contribution in [0.5, 0.6) is 0 Å². The average molecular weight is 235 g/mol. The molecule has 2 N–H and O–H groups in total. The molecule has 1 amide bonds. The van der Waals surface area contributed by atoms with Gasteiger partial charge in [-0.05, 0) is 33.2 Å². The standard InChI is InChI=1S/C13H21N3O/c1-11(14-9-10-16(2)3)13(17)15-12-7-5-4-6-8-12/h4-8,11,14H,9-10H2,1-3H3,(H,15,17). The highest BCUT2D eigenvalue weighted by Crippen LogP contribution is 2.05. The molecule has 0 bridgehead atoms. The Hall–Kier alpha value is -1.39. The SMILES string of the molecule is CC(NCCN(C)C)C(=O)Nc1ccccc1. The molecule has 1 aromatic rings. The molecular formula is C13H21N3O. The summed E-state index contributed by atoms with van der Waals surface area (Å²) in [6, 6.07) is 9.30. The highest BCUT2D eigenvalue weighted by Gasteiger charge is 2.11. The lowest BCUT2D eigenvalue weighted by Crippen LogP contribution is -2.41. The summed E-state index contributed by atoms with van der Waals surface area (Å²) in [5.41, 5.74) is 0.832. The summed E-state index contributed by atoms with van der Waals surface area (Å²) in [6.45, 7) is 3.59. The van der Waals surface area contributed by atoms with Gasteiger partial charge in [-0.15, -0.1) is 0 Å². The molecule has 1 rings (SSSR count). The zero-order valence-electron chi connectivity index (χ0n) is 10.7. The van der Waals surface area contributed by atoms with E-state index in [-0.39, 0.29) is 11.9 Å². The number of anilines is 1. The quantitative estimate of drug-likeness (QED) is 0.778. The molecule has 4 heteroatoms. The van der Waals surface area contributed by atoms with E-state index in [9.17, 15) is 4.79 Å². The highest BCUT2D eigenvalue weighted by molar-refractivity contribution is 5.94. The minimum absolute atomic E-state index is 0.00467. The van der Waals surface area contributed by atoms with Crippen molar-refractivity contribution in [3.63, 3.8) is 0 Å².